The molecule has 1 amide bonds. The van der Waals surface area contributed by atoms with E-state index >= 15 is 0 Å². The zero-order valence-corrected chi connectivity index (χ0v) is 9.29. The standard InChI is InChI=1S/C12H14N4O/c13-16-12(17)10-5-8-7-3-1-2-4-9(7)15-11(8)6-14-10/h1-4,10,14-15H,5-6,13H2,(H,16,17)/t10-/m0/s1. The number of nitrogens with one attached hydrogen (secondary N) is 3. The maximum Gasteiger partial charge on any atom is 0.251 e. The third kappa shape index (κ3) is 1.60. The molecule has 3 rings (SSSR count). The topological polar surface area (TPSA) is 82.9 Å². The molecule has 0 unspecified atom stereocenters. The number of rotatable bonds is 1. The SMILES string of the molecule is NNC(=O)[C@@H]1Cc2c([nH]c3ccccc23)CN1. The maximum atomic E-state index is 11.5. The monoisotopic (exact) mass is 230 g/mol. The first-order chi connectivity index (χ1) is 8.29. The van der Waals surface area contributed by atoms with E-state index in [1.54, 1.807) is 0 Å². The Hall–Kier alpha value is -1.85. The molecule has 0 aliphatic carbocycles. The quantitative estimate of drug-likeness (QED) is 0.320. The van der Waals surface area contributed by atoms with Gasteiger partial charge in [0.05, 0.1) is 6.04 Å². The Bertz CT molecular complexity index is 575. The Morgan fingerprint density at radius 3 is 3.06 bits per heavy atom. The lowest BCUT2D eigenvalue weighted by molar-refractivity contribution is -0.123. The van der Waals surface area contributed by atoms with E-state index < -0.39 is 0 Å². The highest BCUT2D eigenvalue weighted by atomic mass is 16.2. The summed E-state index contributed by atoms with van der Waals surface area (Å²) in [6.45, 7) is 0.669. The highest BCUT2D eigenvalue weighted by Gasteiger charge is 2.26. The van der Waals surface area contributed by atoms with Crippen LogP contribution in [-0.2, 0) is 17.8 Å². The number of hydrazine groups is 1. The first-order valence-electron chi connectivity index (χ1n) is 5.62. The lowest BCUT2D eigenvalue weighted by Gasteiger charge is -2.22. The van der Waals surface area contributed by atoms with Crippen molar-refractivity contribution in [2.24, 2.45) is 5.84 Å². The number of carbonyl (C=O) groups is 1. The molecule has 1 aliphatic heterocycles. The fourth-order valence-electron chi connectivity index (χ4n) is 2.43. The molecule has 5 N–H and O–H groups in total. The van der Waals surface area contributed by atoms with Crippen LogP contribution in [0.1, 0.15) is 11.3 Å². The molecule has 88 valence electrons. The van der Waals surface area contributed by atoms with Crippen LogP contribution in [0.2, 0.25) is 0 Å². The molecule has 5 nitrogen and oxygen atoms in total. The minimum atomic E-state index is -0.244. The van der Waals surface area contributed by atoms with Gasteiger partial charge in [-0.25, -0.2) is 5.84 Å². The number of aromatic nitrogens is 1. The molecule has 0 saturated heterocycles. The van der Waals surface area contributed by atoms with Gasteiger partial charge in [0.2, 0.25) is 0 Å². The number of benzene rings is 1. The number of nitrogens with two attached hydrogens (primary N) is 1. The van der Waals surface area contributed by atoms with Crippen LogP contribution in [0.15, 0.2) is 24.3 Å². The largest absolute Gasteiger partial charge is 0.357 e. The Morgan fingerprint density at radius 2 is 2.24 bits per heavy atom. The number of para-hydroxylation sites is 1. The van der Waals surface area contributed by atoms with Crippen molar-refractivity contribution in [3.8, 4) is 0 Å². The van der Waals surface area contributed by atoms with E-state index in [0.29, 0.717) is 13.0 Å². The summed E-state index contributed by atoms with van der Waals surface area (Å²) in [6, 6.07) is 7.89. The van der Waals surface area contributed by atoms with E-state index in [-0.39, 0.29) is 11.9 Å². The Morgan fingerprint density at radius 1 is 1.41 bits per heavy atom. The number of hydrogen-bond donors (Lipinski definition) is 4. The Balaban J connectivity index is 2.03. The normalized spacial score (nSPS) is 19.0. The highest BCUT2D eigenvalue weighted by molar-refractivity contribution is 5.87. The average Bonchev–Trinajstić information content (AvgIpc) is 2.75. The summed E-state index contributed by atoms with van der Waals surface area (Å²) in [4.78, 5) is 14.9. The summed E-state index contributed by atoms with van der Waals surface area (Å²) in [5.74, 6) is 5.00. The molecule has 1 atom stereocenters. The highest BCUT2D eigenvalue weighted by Crippen LogP contribution is 2.26. The third-order valence-corrected chi connectivity index (χ3v) is 3.29. The molecule has 2 aromatic rings. The van der Waals surface area contributed by atoms with Gasteiger partial charge in [-0.3, -0.25) is 15.5 Å². The van der Waals surface area contributed by atoms with Gasteiger partial charge in [-0.15, -0.1) is 0 Å². The van der Waals surface area contributed by atoms with Gasteiger partial charge >= 0.3 is 0 Å². The summed E-state index contributed by atoms with van der Waals surface area (Å²) < 4.78 is 0. The number of carbonyl (C=O) groups excluding carboxylic acids is 1. The molecular formula is C12H14N4O. The third-order valence-electron chi connectivity index (χ3n) is 3.29. The molecule has 17 heavy (non-hydrogen) atoms. The Kier molecular flexibility index (Phi) is 2.35. The van der Waals surface area contributed by atoms with Crippen molar-refractivity contribution in [1.29, 1.82) is 0 Å². The predicted octanol–water partition coefficient (Wildman–Crippen LogP) is 0.172. The number of aromatic amines is 1. The molecule has 1 aromatic heterocycles. The summed E-state index contributed by atoms with van der Waals surface area (Å²) in [5, 5.41) is 4.36. The molecule has 1 aliphatic rings. The second-order valence-electron chi connectivity index (χ2n) is 4.27. The molecule has 5 heteroatoms. The molecule has 2 heterocycles. The van der Waals surface area contributed by atoms with Crippen molar-refractivity contribution in [3.05, 3.63) is 35.5 Å². The molecular weight excluding hydrogens is 216 g/mol. The van der Waals surface area contributed by atoms with Gasteiger partial charge in [0.25, 0.3) is 5.91 Å². The average molecular weight is 230 g/mol. The van der Waals surface area contributed by atoms with Crippen molar-refractivity contribution in [1.82, 2.24) is 15.7 Å². The number of amides is 1. The zero-order chi connectivity index (χ0) is 11.8. The first-order valence-corrected chi connectivity index (χ1v) is 5.62. The second-order valence-corrected chi connectivity index (χ2v) is 4.27. The molecule has 1 aromatic carbocycles. The van der Waals surface area contributed by atoms with Gasteiger partial charge < -0.3 is 4.98 Å². The number of hydrogen-bond acceptors (Lipinski definition) is 3. The zero-order valence-electron chi connectivity index (χ0n) is 9.29. The van der Waals surface area contributed by atoms with Crippen LogP contribution in [0.4, 0.5) is 0 Å². The summed E-state index contributed by atoms with van der Waals surface area (Å²) in [6.07, 6.45) is 0.669. The van der Waals surface area contributed by atoms with Crippen LogP contribution in [-0.4, -0.2) is 16.9 Å². The van der Waals surface area contributed by atoms with Gasteiger partial charge in [0.1, 0.15) is 0 Å². The van der Waals surface area contributed by atoms with Gasteiger partial charge in [-0.2, -0.15) is 0 Å². The van der Waals surface area contributed by atoms with Crippen LogP contribution in [0.5, 0.6) is 0 Å². The maximum absolute atomic E-state index is 11.5. The fraction of sp³-hybridized carbons (Fsp3) is 0.250. The van der Waals surface area contributed by atoms with Crippen molar-refractivity contribution in [2.45, 2.75) is 19.0 Å². The van der Waals surface area contributed by atoms with Crippen LogP contribution in [0, 0.1) is 0 Å². The second kappa shape index (κ2) is 3.87. The van der Waals surface area contributed by atoms with E-state index in [1.165, 1.54) is 10.9 Å². The first kappa shape index (κ1) is 10.3. The van der Waals surface area contributed by atoms with Gasteiger partial charge in [-0.05, 0) is 18.1 Å². The van der Waals surface area contributed by atoms with Crippen LogP contribution in [0.3, 0.4) is 0 Å². The minimum Gasteiger partial charge on any atom is -0.357 e. The van der Waals surface area contributed by atoms with Crippen molar-refractivity contribution >= 4 is 16.8 Å². The molecule has 0 bridgehead atoms. The van der Waals surface area contributed by atoms with E-state index in [1.807, 2.05) is 18.2 Å². The lowest BCUT2D eigenvalue weighted by atomic mass is 9.98. The van der Waals surface area contributed by atoms with E-state index in [9.17, 15) is 4.79 Å². The number of H-pyrrole nitrogens is 1. The molecule has 0 fully saturated rings. The van der Waals surface area contributed by atoms with Gasteiger partial charge in [0.15, 0.2) is 0 Å². The smallest absolute Gasteiger partial charge is 0.251 e. The van der Waals surface area contributed by atoms with Gasteiger partial charge in [0, 0.05) is 23.1 Å². The number of fused-ring (bicyclic) bond motifs is 3. The summed E-state index contributed by atoms with van der Waals surface area (Å²) in [5.41, 5.74) is 5.69. The van der Waals surface area contributed by atoms with Crippen molar-refractivity contribution in [3.63, 3.8) is 0 Å². The Labute approximate surface area is 98.3 Å². The minimum absolute atomic E-state index is 0.166. The molecule has 0 saturated carbocycles. The van der Waals surface area contributed by atoms with Gasteiger partial charge in [-0.1, -0.05) is 18.2 Å². The van der Waals surface area contributed by atoms with E-state index in [0.717, 1.165) is 11.2 Å². The van der Waals surface area contributed by atoms with Crippen LogP contribution >= 0.6 is 0 Å². The molecule has 0 radical (unpaired) electrons. The summed E-state index contributed by atoms with van der Waals surface area (Å²) >= 11 is 0. The fourth-order valence-corrected chi connectivity index (χ4v) is 2.43. The molecule has 0 spiro atoms. The lowest BCUT2D eigenvalue weighted by Crippen LogP contribution is -2.49. The predicted molar refractivity (Wildman–Crippen MR) is 65.0 cm³/mol. The van der Waals surface area contributed by atoms with Crippen LogP contribution < -0.4 is 16.6 Å². The van der Waals surface area contributed by atoms with E-state index in [4.69, 9.17) is 5.84 Å². The summed E-state index contributed by atoms with van der Waals surface area (Å²) in [7, 11) is 0. The van der Waals surface area contributed by atoms with E-state index in [2.05, 4.69) is 21.8 Å². The van der Waals surface area contributed by atoms with Crippen LogP contribution in [0.25, 0.3) is 10.9 Å². The van der Waals surface area contributed by atoms with Crippen molar-refractivity contribution < 1.29 is 4.79 Å². The van der Waals surface area contributed by atoms with Crippen molar-refractivity contribution in [2.75, 3.05) is 0 Å².